The van der Waals surface area contributed by atoms with Gasteiger partial charge in [0.15, 0.2) is 0 Å². The molecule has 2 aromatic rings. The molecule has 18 heavy (non-hydrogen) atoms. The van der Waals surface area contributed by atoms with Gasteiger partial charge in [-0.1, -0.05) is 30.3 Å². The van der Waals surface area contributed by atoms with E-state index < -0.39 is 0 Å². The lowest BCUT2D eigenvalue weighted by Crippen LogP contribution is -1.99. The third-order valence-corrected chi connectivity index (χ3v) is 2.71. The maximum atomic E-state index is 9.63. The van der Waals surface area contributed by atoms with Gasteiger partial charge in [0.05, 0.1) is 12.5 Å². The Hall–Kier alpha value is -2.47. The average molecular weight is 238 g/mol. The Kier molecular flexibility index (Phi) is 3.83. The third kappa shape index (κ3) is 3.02. The van der Waals surface area contributed by atoms with E-state index in [1.807, 2.05) is 36.4 Å². The highest BCUT2D eigenvalue weighted by atomic mass is 16.3. The number of nitriles is 1. The van der Waals surface area contributed by atoms with Crippen molar-refractivity contribution in [2.24, 2.45) is 0 Å². The van der Waals surface area contributed by atoms with Gasteiger partial charge in [-0.15, -0.1) is 0 Å². The minimum atomic E-state index is 0.297. The van der Waals surface area contributed by atoms with Crippen LogP contribution in [-0.4, -0.2) is 5.11 Å². The summed E-state index contributed by atoms with van der Waals surface area (Å²) in [5.41, 5.74) is 2.84. The number of para-hydroxylation sites is 1. The lowest BCUT2D eigenvalue weighted by atomic mass is 10.1. The monoisotopic (exact) mass is 238 g/mol. The van der Waals surface area contributed by atoms with Gasteiger partial charge >= 0.3 is 0 Å². The van der Waals surface area contributed by atoms with Crippen molar-refractivity contribution in [2.45, 2.75) is 13.0 Å². The summed E-state index contributed by atoms with van der Waals surface area (Å²) in [4.78, 5) is 0. The zero-order valence-corrected chi connectivity index (χ0v) is 9.93. The lowest BCUT2D eigenvalue weighted by Gasteiger charge is -2.08. The van der Waals surface area contributed by atoms with Crippen molar-refractivity contribution < 1.29 is 5.11 Å². The van der Waals surface area contributed by atoms with Crippen LogP contribution >= 0.6 is 0 Å². The van der Waals surface area contributed by atoms with Crippen molar-refractivity contribution in [3.8, 4) is 11.8 Å². The normalized spacial score (nSPS) is 9.72. The molecule has 0 aliphatic heterocycles. The molecule has 0 unspecified atom stereocenters. The zero-order chi connectivity index (χ0) is 12.8. The van der Waals surface area contributed by atoms with Gasteiger partial charge in [-0.3, -0.25) is 0 Å². The summed E-state index contributed by atoms with van der Waals surface area (Å²) in [6.45, 7) is 0.574. The maximum absolute atomic E-state index is 9.63. The molecule has 3 heteroatoms. The van der Waals surface area contributed by atoms with Crippen LogP contribution in [0.5, 0.6) is 5.75 Å². The Balaban J connectivity index is 1.98. The van der Waals surface area contributed by atoms with Crippen LogP contribution in [-0.2, 0) is 13.0 Å². The molecule has 0 saturated heterocycles. The van der Waals surface area contributed by atoms with Gasteiger partial charge in [-0.25, -0.2) is 0 Å². The minimum absolute atomic E-state index is 0.297. The van der Waals surface area contributed by atoms with E-state index in [9.17, 15) is 5.11 Å². The lowest BCUT2D eigenvalue weighted by molar-refractivity contribution is 0.469. The Morgan fingerprint density at radius 2 is 1.78 bits per heavy atom. The molecule has 0 radical (unpaired) electrons. The topological polar surface area (TPSA) is 56.0 Å². The van der Waals surface area contributed by atoms with Crippen LogP contribution in [0.15, 0.2) is 48.5 Å². The summed E-state index contributed by atoms with van der Waals surface area (Å²) >= 11 is 0. The van der Waals surface area contributed by atoms with Gasteiger partial charge in [0.25, 0.3) is 0 Å². The van der Waals surface area contributed by atoms with Crippen molar-refractivity contribution in [1.29, 1.82) is 5.26 Å². The number of hydrogen-bond donors (Lipinski definition) is 2. The van der Waals surface area contributed by atoms with Crippen LogP contribution in [0.2, 0.25) is 0 Å². The van der Waals surface area contributed by atoms with Crippen LogP contribution in [0.25, 0.3) is 0 Å². The first kappa shape index (κ1) is 12.0. The first-order valence-electron chi connectivity index (χ1n) is 5.76. The number of hydrogen-bond acceptors (Lipinski definition) is 3. The quantitative estimate of drug-likeness (QED) is 0.860. The molecule has 2 rings (SSSR count). The summed E-state index contributed by atoms with van der Waals surface area (Å²) in [7, 11) is 0. The van der Waals surface area contributed by atoms with E-state index in [0.717, 1.165) is 16.8 Å². The van der Waals surface area contributed by atoms with E-state index in [-0.39, 0.29) is 0 Å². The van der Waals surface area contributed by atoms with Crippen LogP contribution < -0.4 is 5.32 Å². The number of rotatable bonds is 4. The SMILES string of the molecule is N#CCc1ccc(NCc2ccccc2O)cc1. The highest BCUT2D eigenvalue weighted by Gasteiger charge is 1.99. The molecule has 3 nitrogen and oxygen atoms in total. The van der Waals surface area contributed by atoms with Crippen molar-refractivity contribution >= 4 is 5.69 Å². The van der Waals surface area contributed by atoms with Gasteiger partial charge in [0.2, 0.25) is 0 Å². The Labute approximate surface area is 106 Å². The van der Waals surface area contributed by atoms with E-state index in [4.69, 9.17) is 5.26 Å². The van der Waals surface area contributed by atoms with Crippen molar-refractivity contribution in [1.82, 2.24) is 0 Å². The molecule has 0 spiro atoms. The number of phenols is 1. The molecular weight excluding hydrogens is 224 g/mol. The molecule has 2 N–H and O–H groups in total. The first-order valence-corrected chi connectivity index (χ1v) is 5.76. The zero-order valence-electron chi connectivity index (χ0n) is 9.93. The number of phenolic OH excluding ortho intramolecular Hbond substituents is 1. The number of anilines is 1. The van der Waals surface area contributed by atoms with Gasteiger partial charge < -0.3 is 10.4 Å². The summed E-state index contributed by atoms with van der Waals surface area (Å²) in [5.74, 6) is 0.297. The van der Waals surface area contributed by atoms with Crippen LogP contribution in [0.1, 0.15) is 11.1 Å². The van der Waals surface area contributed by atoms with E-state index in [1.54, 1.807) is 12.1 Å². The largest absolute Gasteiger partial charge is 0.508 e. The first-order chi connectivity index (χ1) is 8.79. The molecule has 0 aliphatic rings. The van der Waals surface area contributed by atoms with E-state index in [0.29, 0.717) is 18.7 Å². The number of aromatic hydroxyl groups is 1. The smallest absolute Gasteiger partial charge is 0.120 e. The Bertz CT molecular complexity index is 555. The fourth-order valence-electron chi connectivity index (χ4n) is 1.69. The second-order valence-corrected chi connectivity index (χ2v) is 4.01. The molecule has 0 atom stereocenters. The van der Waals surface area contributed by atoms with Crippen LogP contribution in [0.3, 0.4) is 0 Å². The summed E-state index contributed by atoms with van der Waals surface area (Å²) in [6, 6.07) is 17.1. The highest BCUT2D eigenvalue weighted by Crippen LogP contribution is 2.17. The summed E-state index contributed by atoms with van der Waals surface area (Å²) in [5, 5.41) is 21.4. The summed E-state index contributed by atoms with van der Waals surface area (Å²) < 4.78 is 0. The number of benzene rings is 2. The minimum Gasteiger partial charge on any atom is -0.508 e. The average Bonchev–Trinajstić information content (AvgIpc) is 2.40. The number of nitrogens with one attached hydrogen (secondary N) is 1. The molecule has 0 amide bonds. The fraction of sp³-hybridized carbons (Fsp3) is 0.133. The van der Waals surface area contributed by atoms with Gasteiger partial charge in [0, 0.05) is 17.8 Å². The molecule has 2 aromatic carbocycles. The standard InChI is InChI=1S/C15H14N2O/c16-10-9-12-5-7-14(8-6-12)17-11-13-3-1-2-4-15(13)18/h1-8,17-18H,9,11H2. The van der Waals surface area contributed by atoms with Crippen molar-refractivity contribution in [2.75, 3.05) is 5.32 Å². The summed E-state index contributed by atoms with van der Waals surface area (Å²) in [6.07, 6.45) is 0.430. The van der Waals surface area contributed by atoms with Crippen molar-refractivity contribution in [3.63, 3.8) is 0 Å². The Morgan fingerprint density at radius 3 is 2.44 bits per heavy atom. The predicted octanol–water partition coefficient (Wildman–Crippen LogP) is 3.07. The molecule has 0 aliphatic carbocycles. The van der Waals surface area contributed by atoms with E-state index in [2.05, 4.69) is 11.4 Å². The van der Waals surface area contributed by atoms with Gasteiger partial charge in [0.1, 0.15) is 5.75 Å². The molecule has 0 bridgehead atoms. The number of nitrogens with zero attached hydrogens (tertiary/aromatic N) is 1. The molecule has 0 heterocycles. The molecule has 0 saturated carbocycles. The van der Waals surface area contributed by atoms with E-state index in [1.165, 1.54) is 0 Å². The molecule has 0 fully saturated rings. The van der Waals surface area contributed by atoms with Gasteiger partial charge in [-0.05, 0) is 23.8 Å². The fourth-order valence-corrected chi connectivity index (χ4v) is 1.69. The molecule has 0 aromatic heterocycles. The van der Waals surface area contributed by atoms with Gasteiger partial charge in [-0.2, -0.15) is 5.26 Å². The Morgan fingerprint density at radius 1 is 1.06 bits per heavy atom. The second kappa shape index (κ2) is 5.74. The van der Waals surface area contributed by atoms with Crippen LogP contribution in [0, 0.1) is 11.3 Å². The highest BCUT2D eigenvalue weighted by molar-refractivity contribution is 5.46. The second-order valence-electron chi connectivity index (χ2n) is 4.01. The van der Waals surface area contributed by atoms with E-state index >= 15 is 0 Å². The molecule has 90 valence electrons. The third-order valence-electron chi connectivity index (χ3n) is 2.71. The predicted molar refractivity (Wildman–Crippen MR) is 71.2 cm³/mol. The van der Waals surface area contributed by atoms with Crippen LogP contribution in [0.4, 0.5) is 5.69 Å². The maximum Gasteiger partial charge on any atom is 0.120 e. The molecular formula is C15H14N2O. The van der Waals surface area contributed by atoms with Crippen molar-refractivity contribution in [3.05, 3.63) is 59.7 Å².